The Bertz CT molecular complexity index is 1040. The van der Waals surface area contributed by atoms with Crippen LogP contribution in [-0.2, 0) is 16.6 Å². The summed E-state index contributed by atoms with van der Waals surface area (Å²) in [6.07, 6.45) is 0. The zero-order chi connectivity index (χ0) is 21.7. The monoisotopic (exact) mass is 423 g/mol. The number of thioether (sulfide) groups is 1. The maximum atomic E-state index is 12.3. The lowest BCUT2D eigenvalue weighted by Crippen LogP contribution is -2.14. The predicted molar refractivity (Wildman–Crippen MR) is 121 cm³/mol. The average molecular weight is 424 g/mol. The lowest BCUT2D eigenvalue weighted by molar-refractivity contribution is -0.114. The van der Waals surface area contributed by atoms with Gasteiger partial charge in [-0.3, -0.25) is 9.59 Å². The van der Waals surface area contributed by atoms with Crippen molar-refractivity contribution in [2.24, 2.45) is 7.05 Å². The van der Waals surface area contributed by atoms with E-state index in [1.54, 1.807) is 0 Å². The van der Waals surface area contributed by atoms with Crippen LogP contribution >= 0.6 is 11.8 Å². The first-order valence-electron chi connectivity index (χ1n) is 9.63. The van der Waals surface area contributed by atoms with Crippen LogP contribution in [0.2, 0.25) is 0 Å². The molecule has 0 aliphatic rings. The molecular formula is C22H25N5O2S. The van der Waals surface area contributed by atoms with Crippen LogP contribution in [0.25, 0.3) is 11.4 Å². The molecule has 0 spiro atoms. The molecule has 30 heavy (non-hydrogen) atoms. The average Bonchev–Trinajstić information content (AvgIpc) is 3.07. The SMILES string of the molecule is CC(=O)Nc1cccc(-c2nnc(SCC(=O)Nc3ccc(C(C)C)cc3)n2C)c1. The van der Waals surface area contributed by atoms with Gasteiger partial charge in [0.25, 0.3) is 0 Å². The molecule has 2 aromatic carbocycles. The summed E-state index contributed by atoms with van der Waals surface area (Å²) < 4.78 is 1.84. The topological polar surface area (TPSA) is 88.9 Å². The molecular weight excluding hydrogens is 398 g/mol. The van der Waals surface area contributed by atoms with Crippen molar-refractivity contribution in [2.75, 3.05) is 16.4 Å². The van der Waals surface area contributed by atoms with E-state index in [4.69, 9.17) is 0 Å². The quantitative estimate of drug-likeness (QED) is 0.553. The number of amides is 2. The van der Waals surface area contributed by atoms with E-state index in [1.807, 2.05) is 60.1 Å². The number of nitrogens with one attached hydrogen (secondary N) is 2. The van der Waals surface area contributed by atoms with Crippen molar-refractivity contribution >= 4 is 35.0 Å². The minimum absolute atomic E-state index is 0.102. The summed E-state index contributed by atoms with van der Waals surface area (Å²) in [6.45, 7) is 5.73. The summed E-state index contributed by atoms with van der Waals surface area (Å²) >= 11 is 1.32. The normalized spacial score (nSPS) is 10.8. The van der Waals surface area contributed by atoms with E-state index in [0.717, 1.165) is 11.3 Å². The first-order chi connectivity index (χ1) is 14.3. The van der Waals surface area contributed by atoms with Gasteiger partial charge >= 0.3 is 0 Å². The zero-order valence-corrected chi connectivity index (χ0v) is 18.3. The summed E-state index contributed by atoms with van der Waals surface area (Å²) in [5.74, 6) is 1.11. The third-order valence-electron chi connectivity index (χ3n) is 4.47. The van der Waals surface area contributed by atoms with E-state index in [1.165, 1.54) is 24.2 Å². The van der Waals surface area contributed by atoms with Crippen LogP contribution in [0.15, 0.2) is 53.7 Å². The summed E-state index contributed by atoms with van der Waals surface area (Å²) in [7, 11) is 1.85. The van der Waals surface area contributed by atoms with Crippen molar-refractivity contribution in [1.29, 1.82) is 0 Å². The van der Waals surface area contributed by atoms with E-state index in [2.05, 4.69) is 34.7 Å². The highest BCUT2D eigenvalue weighted by Gasteiger charge is 2.14. The van der Waals surface area contributed by atoms with Crippen LogP contribution < -0.4 is 10.6 Å². The molecule has 7 nitrogen and oxygen atoms in total. The largest absolute Gasteiger partial charge is 0.326 e. The third kappa shape index (κ3) is 5.48. The van der Waals surface area contributed by atoms with Crippen LogP contribution in [0.5, 0.6) is 0 Å². The fraction of sp³-hybridized carbons (Fsp3) is 0.273. The molecule has 0 bridgehead atoms. The molecule has 0 aliphatic heterocycles. The Morgan fingerprint density at radius 3 is 2.43 bits per heavy atom. The summed E-state index contributed by atoms with van der Waals surface area (Å²) in [5, 5.41) is 14.7. The number of anilines is 2. The van der Waals surface area contributed by atoms with Gasteiger partial charge in [-0.05, 0) is 35.7 Å². The molecule has 2 N–H and O–H groups in total. The lowest BCUT2D eigenvalue weighted by atomic mass is 10.0. The second-order valence-electron chi connectivity index (χ2n) is 7.24. The Balaban J connectivity index is 1.62. The number of aromatic nitrogens is 3. The van der Waals surface area contributed by atoms with Crippen LogP contribution in [0.4, 0.5) is 11.4 Å². The highest BCUT2D eigenvalue weighted by molar-refractivity contribution is 7.99. The minimum atomic E-state index is -0.133. The van der Waals surface area contributed by atoms with Crippen LogP contribution in [0.3, 0.4) is 0 Å². The van der Waals surface area contributed by atoms with Crippen molar-refractivity contribution in [2.45, 2.75) is 31.8 Å². The Morgan fingerprint density at radius 1 is 1.03 bits per heavy atom. The number of nitrogens with zero attached hydrogens (tertiary/aromatic N) is 3. The van der Waals surface area contributed by atoms with Gasteiger partial charge in [-0.15, -0.1) is 10.2 Å². The third-order valence-corrected chi connectivity index (χ3v) is 5.49. The van der Waals surface area contributed by atoms with Crippen molar-refractivity contribution in [3.8, 4) is 11.4 Å². The van der Waals surface area contributed by atoms with Gasteiger partial charge in [0.05, 0.1) is 5.75 Å². The van der Waals surface area contributed by atoms with E-state index in [-0.39, 0.29) is 17.6 Å². The van der Waals surface area contributed by atoms with E-state index < -0.39 is 0 Å². The number of carbonyl (C=O) groups is 2. The van der Waals surface area contributed by atoms with Crippen molar-refractivity contribution in [3.05, 3.63) is 54.1 Å². The van der Waals surface area contributed by atoms with E-state index in [9.17, 15) is 9.59 Å². The summed E-state index contributed by atoms with van der Waals surface area (Å²) in [6, 6.07) is 15.3. The molecule has 1 aromatic heterocycles. The van der Waals surface area contributed by atoms with Crippen LogP contribution in [0, 0.1) is 0 Å². The molecule has 3 rings (SSSR count). The van der Waals surface area contributed by atoms with Gasteiger partial charge in [0.1, 0.15) is 0 Å². The Hall–Kier alpha value is -3.13. The standard InChI is InChI=1S/C22H25N5O2S/c1-14(2)16-8-10-18(11-9-16)24-20(29)13-30-22-26-25-21(27(22)4)17-6-5-7-19(12-17)23-15(3)28/h5-12,14H,13H2,1-4H3,(H,23,28)(H,24,29). The molecule has 2 amide bonds. The maximum Gasteiger partial charge on any atom is 0.234 e. The van der Waals surface area contributed by atoms with Gasteiger partial charge in [0.2, 0.25) is 11.8 Å². The maximum absolute atomic E-state index is 12.3. The molecule has 0 unspecified atom stereocenters. The van der Waals surface area contributed by atoms with Crippen molar-refractivity contribution < 1.29 is 9.59 Å². The first-order valence-corrected chi connectivity index (χ1v) is 10.6. The Kier molecular flexibility index (Phi) is 6.89. The molecule has 0 aliphatic carbocycles. The molecule has 0 radical (unpaired) electrons. The van der Waals surface area contributed by atoms with Gasteiger partial charge in [-0.25, -0.2) is 0 Å². The molecule has 0 saturated heterocycles. The second-order valence-corrected chi connectivity index (χ2v) is 8.18. The molecule has 8 heteroatoms. The van der Waals surface area contributed by atoms with Gasteiger partial charge in [0.15, 0.2) is 11.0 Å². The molecule has 0 saturated carbocycles. The van der Waals surface area contributed by atoms with Crippen LogP contribution in [-0.4, -0.2) is 32.3 Å². The highest BCUT2D eigenvalue weighted by Crippen LogP contribution is 2.25. The van der Waals surface area contributed by atoms with E-state index >= 15 is 0 Å². The Morgan fingerprint density at radius 2 is 1.77 bits per heavy atom. The number of hydrogen-bond donors (Lipinski definition) is 2. The van der Waals surface area contributed by atoms with Gasteiger partial charge in [0, 0.05) is 30.9 Å². The summed E-state index contributed by atoms with van der Waals surface area (Å²) in [4.78, 5) is 23.6. The second kappa shape index (κ2) is 9.58. The number of benzene rings is 2. The van der Waals surface area contributed by atoms with Gasteiger partial charge in [-0.1, -0.05) is 49.9 Å². The number of hydrogen-bond acceptors (Lipinski definition) is 5. The fourth-order valence-electron chi connectivity index (χ4n) is 2.91. The van der Waals surface area contributed by atoms with Crippen molar-refractivity contribution in [1.82, 2.24) is 14.8 Å². The van der Waals surface area contributed by atoms with E-state index in [0.29, 0.717) is 22.6 Å². The lowest BCUT2D eigenvalue weighted by Gasteiger charge is -2.08. The molecule has 3 aromatic rings. The van der Waals surface area contributed by atoms with Crippen molar-refractivity contribution in [3.63, 3.8) is 0 Å². The fourth-order valence-corrected chi connectivity index (χ4v) is 3.62. The molecule has 0 atom stereocenters. The van der Waals surface area contributed by atoms with Gasteiger partial charge < -0.3 is 15.2 Å². The molecule has 156 valence electrons. The van der Waals surface area contributed by atoms with Gasteiger partial charge in [-0.2, -0.15) is 0 Å². The summed E-state index contributed by atoms with van der Waals surface area (Å²) in [5.41, 5.74) is 3.54. The number of rotatable bonds is 7. The predicted octanol–water partition coefficient (Wildman–Crippen LogP) is 4.29. The highest BCUT2D eigenvalue weighted by atomic mass is 32.2. The van der Waals surface area contributed by atoms with Crippen LogP contribution in [0.1, 0.15) is 32.3 Å². The zero-order valence-electron chi connectivity index (χ0n) is 17.5. The smallest absolute Gasteiger partial charge is 0.234 e. The minimum Gasteiger partial charge on any atom is -0.326 e. The number of carbonyl (C=O) groups excluding carboxylic acids is 2. The molecule has 0 fully saturated rings. The molecule has 1 heterocycles. The first kappa shape index (κ1) is 21.6. The Labute approximate surface area is 180 Å².